The number of carbonyl (C=O) groups excluding carboxylic acids is 1. The number of fused-ring (bicyclic) bond motifs is 1. The summed E-state index contributed by atoms with van der Waals surface area (Å²) in [5.41, 5.74) is 2.39. The van der Waals surface area contributed by atoms with Crippen LogP contribution in [0.15, 0.2) is 75.7 Å². The SMILES string of the molecule is O=C(CSc1nc2ccc(Cl)cc2o1)N[C@H](c1ccccc1)c1cccs1. The van der Waals surface area contributed by atoms with Crippen molar-refractivity contribution in [3.8, 4) is 0 Å². The molecular formula is C20H15ClN2O2S2. The second kappa shape index (κ2) is 8.17. The smallest absolute Gasteiger partial charge is 0.257 e. The third-order valence-corrected chi connectivity index (χ3v) is 5.92. The van der Waals surface area contributed by atoms with Gasteiger partial charge in [0.15, 0.2) is 5.58 Å². The Kier molecular flexibility index (Phi) is 5.48. The first-order valence-corrected chi connectivity index (χ1v) is 10.5. The van der Waals surface area contributed by atoms with Crippen LogP contribution in [0.4, 0.5) is 0 Å². The van der Waals surface area contributed by atoms with E-state index in [2.05, 4.69) is 10.3 Å². The van der Waals surface area contributed by atoms with Crippen molar-refractivity contribution in [2.45, 2.75) is 11.3 Å². The standard InChI is InChI=1S/C20H15ClN2O2S2/c21-14-8-9-15-16(11-14)25-20(22-15)27-12-18(24)23-19(17-7-4-10-26-17)13-5-2-1-3-6-13/h1-11,19H,12H2,(H,23,24)/t19-/m1/s1. The number of aromatic nitrogens is 1. The minimum absolute atomic E-state index is 0.0810. The van der Waals surface area contributed by atoms with Gasteiger partial charge in [-0.05, 0) is 29.1 Å². The number of nitrogens with zero attached hydrogens (tertiary/aromatic N) is 1. The Morgan fingerprint density at radius 3 is 2.81 bits per heavy atom. The lowest BCUT2D eigenvalue weighted by Crippen LogP contribution is -2.30. The van der Waals surface area contributed by atoms with E-state index in [1.807, 2.05) is 47.8 Å². The van der Waals surface area contributed by atoms with Gasteiger partial charge in [-0.3, -0.25) is 4.79 Å². The fraction of sp³-hybridized carbons (Fsp3) is 0.100. The van der Waals surface area contributed by atoms with Crippen molar-refractivity contribution < 1.29 is 9.21 Å². The Balaban J connectivity index is 1.45. The average molecular weight is 415 g/mol. The highest BCUT2D eigenvalue weighted by molar-refractivity contribution is 7.99. The van der Waals surface area contributed by atoms with Gasteiger partial charge in [0.25, 0.3) is 5.22 Å². The molecule has 4 nitrogen and oxygen atoms in total. The van der Waals surface area contributed by atoms with Crippen molar-refractivity contribution in [2.75, 3.05) is 5.75 Å². The molecule has 2 aromatic heterocycles. The third-order valence-electron chi connectivity index (χ3n) is 3.92. The Morgan fingerprint density at radius 1 is 1.19 bits per heavy atom. The molecule has 0 unspecified atom stereocenters. The monoisotopic (exact) mass is 414 g/mol. The maximum Gasteiger partial charge on any atom is 0.257 e. The molecule has 27 heavy (non-hydrogen) atoms. The van der Waals surface area contributed by atoms with Crippen molar-refractivity contribution >= 4 is 51.7 Å². The molecule has 4 aromatic rings. The highest BCUT2D eigenvalue weighted by Crippen LogP contribution is 2.28. The highest BCUT2D eigenvalue weighted by atomic mass is 35.5. The normalized spacial score (nSPS) is 12.2. The summed E-state index contributed by atoms with van der Waals surface area (Å²) in [6, 6.07) is 19.1. The van der Waals surface area contributed by atoms with Gasteiger partial charge in [0.2, 0.25) is 5.91 Å². The molecule has 0 radical (unpaired) electrons. The number of halogens is 1. The van der Waals surface area contributed by atoms with Gasteiger partial charge in [-0.2, -0.15) is 0 Å². The molecule has 0 saturated carbocycles. The lowest BCUT2D eigenvalue weighted by atomic mass is 10.1. The zero-order chi connectivity index (χ0) is 18.6. The first-order chi connectivity index (χ1) is 13.2. The molecule has 2 aromatic carbocycles. The molecule has 0 spiro atoms. The lowest BCUT2D eigenvalue weighted by Gasteiger charge is -2.17. The molecule has 136 valence electrons. The Labute approximate surface area is 169 Å². The van der Waals surface area contributed by atoms with Crippen LogP contribution in [0.5, 0.6) is 0 Å². The number of hydrogen-bond acceptors (Lipinski definition) is 5. The molecule has 0 saturated heterocycles. The van der Waals surface area contributed by atoms with E-state index in [0.29, 0.717) is 15.8 Å². The molecular weight excluding hydrogens is 400 g/mol. The largest absolute Gasteiger partial charge is 0.431 e. The number of benzene rings is 2. The molecule has 1 N–H and O–H groups in total. The Bertz CT molecular complexity index is 1050. The van der Waals surface area contributed by atoms with Crippen molar-refractivity contribution in [1.82, 2.24) is 10.3 Å². The van der Waals surface area contributed by atoms with Gasteiger partial charge in [0.05, 0.1) is 11.8 Å². The molecule has 0 aliphatic rings. The van der Waals surface area contributed by atoms with E-state index in [0.717, 1.165) is 16.0 Å². The summed E-state index contributed by atoms with van der Waals surface area (Å²) in [4.78, 5) is 18.0. The number of hydrogen-bond donors (Lipinski definition) is 1. The van der Waals surface area contributed by atoms with Crippen molar-refractivity contribution in [1.29, 1.82) is 0 Å². The van der Waals surface area contributed by atoms with Crippen LogP contribution < -0.4 is 5.32 Å². The van der Waals surface area contributed by atoms with E-state index in [9.17, 15) is 4.79 Å². The number of amides is 1. The quantitative estimate of drug-likeness (QED) is 0.421. The summed E-state index contributed by atoms with van der Waals surface area (Å²) in [5, 5.41) is 6.16. The molecule has 7 heteroatoms. The number of oxazole rings is 1. The zero-order valence-electron chi connectivity index (χ0n) is 14.1. The van der Waals surface area contributed by atoms with Gasteiger partial charge in [0, 0.05) is 16.0 Å². The molecule has 0 fully saturated rings. The van der Waals surface area contributed by atoms with Crippen LogP contribution in [-0.2, 0) is 4.79 Å². The average Bonchev–Trinajstić information content (AvgIpc) is 3.34. The summed E-state index contributed by atoms with van der Waals surface area (Å²) >= 11 is 8.85. The van der Waals surface area contributed by atoms with Gasteiger partial charge in [0.1, 0.15) is 5.52 Å². The first kappa shape index (κ1) is 18.1. The summed E-state index contributed by atoms with van der Waals surface area (Å²) in [6.07, 6.45) is 0. The van der Waals surface area contributed by atoms with E-state index in [4.69, 9.17) is 16.0 Å². The van der Waals surface area contributed by atoms with Crippen LogP contribution in [0.2, 0.25) is 5.02 Å². The molecule has 4 rings (SSSR count). The lowest BCUT2D eigenvalue weighted by molar-refractivity contribution is -0.119. The molecule has 0 aliphatic heterocycles. The zero-order valence-corrected chi connectivity index (χ0v) is 16.5. The molecule has 0 bridgehead atoms. The molecule has 0 aliphatic carbocycles. The Morgan fingerprint density at radius 2 is 2.04 bits per heavy atom. The van der Waals surface area contributed by atoms with Crippen LogP contribution in [0, 0.1) is 0 Å². The number of nitrogens with one attached hydrogen (secondary N) is 1. The maximum atomic E-state index is 12.5. The third kappa shape index (κ3) is 4.35. The predicted molar refractivity (Wildman–Crippen MR) is 110 cm³/mol. The highest BCUT2D eigenvalue weighted by Gasteiger charge is 2.18. The summed E-state index contributed by atoms with van der Waals surface area (Å²) in [5.74, 6) is 0.137. The minimum atomic E-state index is -0.165. The summed E-state index contributed by atoms with van der Waals surface area (Å²) in [7, 11) is 0. The second-order valence-electron chi connectivity index (χ2n) is 5.81. The summed E-state index contributed by atoms with van der Waals surface area (Å²) in [6.45, 7) is 0. The van der Waals surface area contributed by atoms with E-state index in [1.54, 1.807) is 29.5 Å². The van der Waals surface area contributed by atoms with Gasteiger partial charge in [-0.25, -0.2) is 4.98 Å². The van der Waals surface area contributed by atoms with Crippen LogP contribution in [0.3, 0.4) is 0 Å². The van der Waals surface area contributed by atoms with E-state index < -0.39 is 0 Å². The van der Waals surface area contributed by atoms with E-state index >= 15 is 0 Å². The van der Waals surface area contributed by atoms with Crippen molar-refractivity contribution in [2.24, 2.45) is 0 Å². The maximum absolute atomic E-state index is 12.5. The number of carbonyl (C=O) groups is 1. The fourth-order valence-electron chi connectivity index (χ4n) is 2.69. The fourth-order valence-corrected chi connectivity index (χ4v) is 4.30. The van der Waals surface area contributed by atoms with Crippen LogP contribution in [-0.4, -0.2) is 16.6 Å². The molecule has 1 amide bonds. The molecule has 2 heterocycles. The number of thioether (sulfide) groups is 1. The number of rotatable bonds is 6. The van der Waals surface area contributed by atoms with E-state index in [1.165, 1.54) is 11.8 Å². The Hall–Kier alpha value is -2.28. The number of thiophene rings is 1. The minimum Gasteiger partial charge on any atom is -0.431 e. The second-order valence-corrected chi connectivity index (χ2v) is 8.15. The predicted octanol–water partition coefficient (Wildman–Crippen LogP) is 5.54. The van der Waals surface area contributed by atoms with Gasteiger partial charge < -0.3 is 9.73 Å². The molecule has 1 atom stereocenters. The van der Waals surface area contributed by atoms with Gasteiger partial charge in [-0.15, -0.1) is 11.3 Å². The van der Waals surface area contributed by atoms with E-state index in [-0.39, 0.29) is 17.7 Å². The van der Waals surface area contributed by atoms with Gasteiger partial charge in [-0.1, -0.05) is 59.8 Å². The first-order valence-electron chi connectivity index (χ1n) is 8.25. The van der Waals surface area contributed by atoms with Crippen molar-refractivity contribution in [3.05, 3.63) is 81.5 Å². The topological polar surface area (TPSA) is 55.1 Å². The van der Waals surface area contributed by atoms with Crippen molar-refractivity contribution in [3.63, 3.8) is 0 Å². The van der Waals surface area contributed by atoms with Gasteiger partial charge >= 0.3 is 0 Å². The van der Waals surface area contributed by atoms with Crippen LogP contribution >= 0.6 is 34.7 Å². The van der Waals surface area contributed by atoms with Crippen LogP contribution in [0.25, 0.3) is 11.1 Å². The van der Waals surface area contributed by atoms with Crippen LogP contribution in [0.1, 0.15) is 16.5 Å². The summed E-state index contributed by atoms with van der Waals surface area (Å²) < 4.78 is 5.65.